The summed E-state index contributed by atoms with van der Waals surface area (Å²) < 4.78 is 41.7. The molecule has 3 aromatic carbocycles. The van der Waals surface area contributed by atoms with E-state index in [0.29, 0.717) is 67.2 Å². The number of nitrogens with one attached hydrogen (secondary N) is 2. The van der Waals surface area contributed by atoms with Crippen LogP contribution >= 0.6 is 11.3 Å². The molecule has 86 heavy (non-hydrogen) atoms. The third kappa shape index (κ3) is 11.1. The maximum atomic E-state index is 17.3. The molecule has 20 nitrogen and oxygen atoms in total. The monoisotopic (exact) mass is 1190 g/mol. The van der Waals surface area contributed by atoms with Gasteiger partial charge in [0.2, 0.25) is 11.8 Å². The number of carbonyl (C=O) groups excluding carboxylic acids is 3. The Morgan fingerprint density at radius 1 is 0.953 bits per heavy atom. The summed E-state index contributed by atoms with van der Waals surface area (Å²) in [4.78, 5) is 69.3. The second kappa shape index (κ2) is 23.6. The zero-order valence-electron chi connectivity index (χ0n) is 49.2. The number of pyridine rings is 1. The molecule has 4 aromatic heterocycles. The first-order chi connectivity index (χ1) is 41.6. The van der Waals surface area contributed by atoms with Gasteiger partial charge in [0.05, 0.1) is 45.8 Å². The summed E-state index contributed by atoms with van der Waals surface area (Å²) in [6.07, 6.45) is 6.82. The quantitative estimate of drug-likeness (QED) is 0.0629. The standard InChI is InChI=1S/C64H74FN11O9S/c1-6-39-9-7-10-42-21-46(77)22-48(54(39)42)56-55(65)57-49(25-66-56)59(73-28-43-15-16-44(29-73)69-43)71-62(70-57)84-33-64-18-8-20-76(64)45(17-19-64)32-83-63(81)74-26-38(27-74)31-82-52-24-51(85-72-52)53(35(2)3)61(80)75-30-47(78)23-50(75)60(79)68-36(4)40-11-13-41(14-12-40)58-37(5)67-34-86-58/h7,9-14,21-22,24-25,34-36,38,43-45,47,50,53,69,77-78H,6,8,15-20,23,26-33H2,1-5H3,(H,68,79)/t36-,43?,44?,45-,47+,50-,53+,64+/m0/s1. The lowest BCUT2D eigenvalue weighted by molar-refractivity contribution is -0.141. The Hall–Kier alpha value is -7.53. The number of phenolic OH excluding ortho intramolecular Hbond substituents is 1. The van der Waals surface area contributed by atoms with E-state index in [9.17, 15) is 24.6 Å². The number of rotatable bonds is 18. The maximum absolute atomic E-state index is 17.3. The van der Waals surface area contributed by atoms with Gasteiger partial charge in [0.1, 0.15) is 48.0 Å². The van der Waals surface area contributed by atoms with Crippen LogP contribution in [0.2, 0.25) is 0 Å². The second-order valence-corrected chi connectivity index (χ2v) is 25.7. The fourth-order valence-corrected chi connectivity index (χ4v) is 15.1. The fourth-order valence-electron chi connectivity index (χ4n) is 14.3. The van der Waals surface area contributed by atoms with Gasteiger partial charge in [-0.05, 0) is 116 Å². The Kier molecular flexibility index (Phi) is 15.8. The molecule has 6 fully saturated rings. The zero-order valence-corrected chi connectivity index (χ0v) is 50.0. The van der Waals surface area contributed by atoms with Gasteiger partial charge in [0.25, 0.3) is 5.88 Å². The van der Waals surface area contributed by atoms with Crippen molar-refractivity contribution in [1.82, 2.24) is 50.4 Å². The number of benzene rings is 3. The third-order valence-corrected chi connectivity index (χ3v) is 19.8. The number of aromatic hydroxyl groups is 1. The molecule has 10 heterocycles. The van der Waals surface area contributed by atoms with E-state index in [-0.39, 0.29) is 109 Å². The van der Waals surface area contributed by atoms with Crippen molar-refractivity contribution in [2.24, 2.45) is 11.8 Å². The molecular formula is C64H74FN11O9S. The van der Waals surface area contributed by atoms with E-state index in [1.165, 1.54) is 4.90 Å². The van der Waals surface area contributed by atoms with Crippen LogP contribution in [0.4, 0.5) is 15.0 Å². The molecule has 2 unspecified atom stereocenters. The molecule has 8 atom stereocenters. The highest BCUT2D eigenvalue weighted by molar-refractivity contribution is 7.13. The second-order valence-electron chi connectivity index (χ2n) is 24.9. The Balaban J connectivity index is 0.610. The molecule has 6 aliphatic rings. The number of fused-ring (bicyclic) bond motifs is 5. The van der Waals surface area contributed by atoms with Crippen LogP contribution in [0.15, 0.2) is 76.9 Å². The number of phenols is 1. The number of halogens is 1. The number of aliphatic hydroxyl groups excluding tert-OH is 1. The Morgan fingerprint density at radius 2 is 1.76 bits per heavy atom. The number of anilines is 1. The lowest BCUT2D eigenvalue weighted by Crippen LogP contribution is -2.53. The number of nitrogens with zero attached hydrogens (tertiary/aromatic N) is 9. The summed E-state index contributed by atoms with van der Waals surface area (Å²) in [7, 11) is 0. The number of hydrogen-bond acceptors (Lipinski definition) is 18. The topological polar surface area (TPSA) is 234 Å². The molecule has 6 aliphatic heterocycles. The number of aliphatic hydroxyl groups is 1. The number of aromatic nitrogens is 5. The highest BCUT2D eigenvalue weighted by atomic mass is 32.1. The van der Waals surface area contributed by atoms with Crippen molar-refractivity contribution in [3.63, 3.8) is 0 Å². The summed E-state index contributed by atoms with van der Waals surface area (Å²) in [6.45, 7) is 13.6. The molecule has 2 bridgehead atoms. The van der Waals surface area contributed by atoms with Gasteiger partial charge in [0.15, 0.2) is 11.6 Å². The van der Waals surface area contributed by atoms with Crippen LogP contribution in [0.5, 0.6) is 17.6 Å². The Labute approximate surface area is 502 Å². The van der Waals surface area contributed by atoms with E-state index in [2.05, 4.69) is 37.5 Å². The number of piperazine rings is 1. The summed E-state index contributed by atoms with van der Waals surface area (Å²) in [5, 5.41) is 34.6. The van der Waals surface area contributed by atoms with E-state index < -0.39 is 23.9 Å². The molecule has 13 rings (SSSR count). The average molecular weight is 1190 g/mol. The lowest BCUT2D eigenvalue weighted by Gasteiger charge is -2.38. The van der Waals surface area contributed by atoms with E-state index in [1.54, 1.807) is 40.6 Å². The van der Waals surface area contributed by atoms with Crippen LogP contribution in [-0.2, 0) is 20.7 Å². The zero-order chi connectivity index (χ0) is 59.5. The van der Waals surface area contributed by atoms with Gasteiger partial charge in [0, 0.05) is 81.0 Å². The smallest absolute Gasteiger partial charge is 0.409 e. The number of likely N-dealkylation sites (tertiary alicyclic amines) is 2. The average Bonchev–Trinajstić information content (AvgIpc) is 1.61. The highest BCUT2D eigenvalue weighted by Gasteiger charge is 2.51. The molecular weight excluding hydrogens is 1120 g/mol. The lowest BCUT2D eigenvalue weighted by atomic mass is 9.91. The van der Waals surface area contributed by atoms with Gasteiger partial charge >= 0.3 is 12.1 Å². The van der Waals surface area contributed by atoms with Crippen molar-refractivity contribution >= 4 is 56.7 Å². The number of ether oxygens (including phenoxy) is 3. The number of carbonyl (C=O) groups is 3. The summed E-state index contributed by atoms with van der Waals surface area (Å²) in [6, 6.07) is 18.2. The summed E-state index contributed by atoms with van der Waals surface area (Å²) in [5.74, 6) is -1.17. The van der Waals surface area contributed by atoms with Gasteiger partial charge in [-0.2, -0.15) is 9.97 Å². The van der Waals surface area contributed by atoms with Crippen molar-refractivity contribution < 1.29 is 47.7 Å². The van der Waals surface area contributed by atoms with Crippen LogP contribution in [-0.4, -0.2) is 163 Å². The van der Waals surface area contributed by atoms with Crippen LogP contribution in [0.3, 0.4) is 0 Å². The van der Waals surface area contributed by atoms with Gasteiger partial charge in [-0.1, -0.05) is 63.2 Å². The molecule has 0 spiro atoms. The molecule has 0 saturated carbocycles. The van der Waals surface area contributed by atoms with Crippen LogP contribution < -0.4 is 25.0 Å². The van der Waals surface area contributed by atoms with Crippen molar-refractivity contribution in [1.29, 1.82) is 0 Å². The largest absolute Gasteiger partial charge is 0.508 e. The predicted molar refractivity (Wildman–Crippen MR) is 322 cm³/mol. The normalized spacial score (nSPS) is 23.7. The fraction of sp³-hybridized carbons (Fsp3) is 0.500. The van der Waals surface area contributed by atoms with Crippen LogP contribution in [0.25, 0.3) is 43.4 Å². The Bertz CT molecular complexity index is 3680. The number of hydrogen-bond donors (Lipinski definition) is 4. The molecule has 3 amide bonds. The number of β-amino-alcohol motifs (C(OH)–C–C–N with tert-alkyl or cyclic N) is 1. The molecule has 452 valence electrons. The number of amides is 3. The van der Waals surface area contributed by atoms with Gasteiger partial charge in [-0.15, -0.1) is 11.3 Å². The van der Waals surface area contributed by atoms with E-state index in [1.807, 2.05) is 75.7 Å². The first-order valence-corrected chi connectivity index (χ1v) is 31.3. The molecule has 0 radical (unpaired) electrons. The van der Waals surface area contributed by atoms with Gasteiger partial charge in [-0.3, -0.25) is 19.5 Å². The van der Waals surface area contributed by atoms with Crippen LogP contribution in [0.1, 0.15) is 107 Å². The first-order valence-electron chi connectivity index (χ1n) is 30.4. The van der Waals surface area contributed by atoms with E-state index in [4.69, 9.17) is 33.7 Å². The van der Waals surface area contributed by atoms with E-state index >= 15 is 4.39 Å². The SMILES string of the molecule is CCc1cccc2cc(O)cc(-c3ncc4c(N5CC6CCC(C5)N6)nc(OC[C@]56CCCN5[C@H](COC(=O)N5CC(COc7cc([C@H](C(=O)N8C[C@H](O)C[C@H]8C(=O)N[C@@H](C)c8ccc(-c9scnc9C)cc8)C(C)C)on7)C5)CC6)nc4c3F)c12. The maximum Gasteiger partial charge on any atom is 0.409 e. The van der Waals surface area contributed by atoms with Crippen molar-refractivity contribution in [2.45, 2.75) is 134 Å². The molecule has 4 N–H and O–H groups in total. The van der Waals surface area contributed by atoms with Crippen LogP contribution in [0, 0.1) is 24.6 Å². The van der Waals surface area contributed by atoms with Gasteiger partial charge in [-0.25, -0.2) is 14.2 Å². The first kappa shape index (κ1) is 57.5. The highest BCUT2D eigenvalue weighted by Crippen LogP contribution is 2.44. The van der Waals surface area contributed by atoms with E-state index in [0.717, 1.165) is 83.1 Å². The molecule has 7 aromatic rings. The molecule has 0 aliphatic carbocycles. The minimum absolute atomic E-state index is 0.00953. The van der Waals surface area contributed by atoms with Crippen molar-refractivity contribution in [2.75, 3.05) is 64.0 Å². The minimum atomic E-state index is -0.873. The molecule has 22 heteroatoms. The number of thiazole rings is 1. The van der Waals surface area contributed by atoms with Crippen molar-refractivity contribution in [3.05, 3.63) is 101 Å². The van der Waals surface area contributed by atoms with Gasteiger partial charge < -0.3 is 54.3 Å². The summed E-state index contributed by atoms with van der Waals surface area (Å²) in [5.41, 5.74) is 6.14. The molecule has 6 saturated heterocycles. The number of aryl methyl sites for hydroxylation is 2. The minimum Gasteiger partial charge on any atom is -0.508 e. The third-order valence-electron chi connectivity index (χ3n) is 18.8. The predicted octanol–water partition coefficient (Wildman–Crippen LogP) is 8.71. The Morgan fingerprint density at radius 3 is 2.51 bits per heavy atom. The van der Waals surface area contributed by atoms with Crippen molar-refractivity contribution in [3.8, 4) is 39.3 Å². The summed E-state index contributed by atoms with van der Waals surface area (Å²) >= 11 is 1.58.